The molecule has 0 spiro atoms. The molecule has 114 valence electrons. The van der Waals surface area contributed by atoms with E-state index in [1.54, 1.807) is 13.2 Å². The number of ether oxygens (including phenoxy) is 1. The van der Waals surface area contributed by atoms with Crippen LogP contribution in [0.2, 0.25) is 0 Å². The molecule has 0 aliphatic carbocycles. The standard InChI is InChI=1S/C17H15N5O/c1-10-16-20-21-17(12-9-11(18)7-8-15(12)23-2)22(16)14-6-4-3-5-13(14)19-10/h3-9H,18H2,1-2H3. The molecule has 2 heterocycles. The van der Waals surface area contributed by atoms with E-state index in [9.17, 15) is 0 Å². The Kier molecular flexibility index (Phi) is 2.90. The molecule has 6 heteroatoms. The van der Waals surface area contributed by atoms with Gasteiger partial charge in [0.15, 0.2) is 11.5 Å². The smallest absolute Gasteiger partial charge is 0.183 e. The van der Waals surface area contributed by atoms with Crippen LogP contribution in [0.15, 0.2) is 42.5 Å². The molecule has 23 heavy (non-hydrogen) atoms. The molecule has 2 aromatic heterocycles. The number of aromatic nitrogens is 4. The van der Waals surface area contributed by atoms with Crippen molar-refractivity contribution in [3.05, 3.63) is 48.2 Å². The highest BCUT2D eigenvalue weighted by atomic mass is 16.5. The molecule has 2 N–H and O–H groups in total. The number of para-hydroxylation sites is 2. The van der Waals surface area contributed by atoms with Crippen LogP contribution in [0.1, 0.15) is 5.69 Å². The Morgan fingerprint density at radius 2 is 1.91 bits per heavy atom. The second-order valence-corrected chi connectivity index (χ2v) is 5.33. The number of rotatable bonds is 2. The first-order chi connectivity index (χ1) is 11.2. The molecule has 4 rings (SSSR count). The number of hydrogen-bond acceptors (Lipinski definition) is 5. The summed E-state index contributed by atoms with van der Waals surface area (Å²) in [6.45, 7) is 1.93. The van der Waals surface area contributed by atoms with Crippen LogP contribution >= 0.6 is 0 Å². The number of nitrogens with zero attached hydrogens (tertiary/aromatic N) is 4. The minimum atomic E-state index is 0.646. The van der Waals surface area contributed by atoms with E-state index in [2.05, 4.69) is 15.2 Å². The predicted molar refractivity (Wildman–Crippen MR) is 89.4 cm³/mol. The molecular weight excluding hydrogens is 290 g/mol. The summed E-state index contributed by atoms with van der Waals surface area (Å²) >= 11 is 0. The van der Waals surface area contributed by atoms with Gasteiger partial charge in [-0.1, -0.05) is 12.1 Å². The fraction of sp³-hybridized carbons (Fsp3) is 0.118. The minimum absolute atomic E-state index is 0.646. The van der Waals surface area contributed by atoms with Crippen LogP contribution in [0, 0.1) is 6.92 Å². The van der Waals surface area contributed by atoms with Gasteiger partial charge >= 0.3 is 0 Å². The van der Waals surface area contributed by atoms with Gasteiger partial charge in [0.2, 0.25) is 0 Å². The predicted octanol–water partition coefficient (Wildman–Crippen LogP) is 2.84. The van der Waals surface area contributed by atoms with E-state index in [1.165, 1.54) is 0 Å². The van der Waals surface area contributed by atoms with Crippen LogP contribution < -0.4 is 10.5 Å². The van der Waals surface area contributed by atoms with Crippen LogP contribution in [0.25, 0.3) is 28.1 Å². The number of methoxy groups -OCH3 is 1. The van der Waals surface area contributed by atoms with Crippen molar-refractivity contribution in [3.63, 3.8) is 0 Å². The molecule has 0 radical (unpaired) electrons. The normalized spacial score (nSPS) is 11.2. The van der Waals surface area contributed by atoms with Crippen molar-refractivity contribution < 1.29 is 4.74 Å². The molecule has 0 aliphatic rings. The van der Waals surface area contributed by atoms with Gasteiger partial charge in [-0.25, -0.2) is 4.98 Å². The van der Waals surface area contributed by atoms with Crippen molar-refractivity contribution in [1.29, 1.82) is 0 Å². The lowest BCUT2D eigenvalue weighted by Gasteiger charge is -2.10. The third kappa shape index (κ3) is 1.99. The topological polar surface area (TPSA) is 78.3 Å². The highest BCUT2D eigenvalue weighted by molar-refractivity contribution is 5.82. The van der Waals surface area contributed by atoms with Gasteiger partial charge < -0.3 is 10.5 Å². The van der Waals surface area contributed by atoms with Gasteiger partial charge in [0.05, 0.1) is 29.4 Å². The number of fused-ring (bicyclic) bond motifs is 3. The van der Waals surface area contributed by atoms with Gasteiger partial charge in [0.1, 0.15) is 5.75 Å². The van der Waals surface area contributed by atoms with Crippen LogP contribution in [0.4, 0.5) is 5.69 Å². The Balaban J connectivity index is 2.15. The Morgan fingerprint density at radius 3 is 2.74 bits per heavy atom. The molecule has 0 aliphatic heterocycles. The monoisotopic (exact) mass is 305 g/mol. The van der Waals surface area contributed by atoms with E-state index in [4.69, 9.17) is 10.5 Å². The largest absolute Gasteiger partial charge is 0.496 e. The Hall–Kier alpha value is -3.15. The second kappa shape index (κ2) is 4.95. The fourth-order valence-electron chi connectivity index (χ4n) is 2.80. The van der Waals surface area contributed by atoms with Crippen molar-refractivity contribution in [1.82, 2.24) is 19.6 Å². The summed E-state index contributed by atoms with van der Waals surface area (Å²) in [6, 6.07) is 13.4. The van der Waals surface area contributed by atoms with Crippen LogP contribution in [-0.4, -0.2) is 26.7 Å². The van der Waals surface area contributed by atoms with Crippen molar-refractivity contribution in [3.8, 4) is 17.1 Å². The van der Waals surface area contributed by atoms with Crippen LogP contribution in [0.3, 0.4) is 0 Å². The summed E-state index contributed by atoms with van der Waals surface area (Å²) in [6.07, 6.45) is 0. The Bertz CT molecular complexity index is 1040. The SMILES string of the molecule is COc1ccc(N)cc1-c1nnc2c(C)nc3ccccc3n12. The lowest BCUT2D eigenvalue weighted by molar-refractivity contribution is 0.416. The third-order valence-electron chi connectivity index (χ3n) is 3.86. The summed E-state index contributed by atoms with van der Waals surface area (Å²) in [4.78, 5) is 4.59. The second-order valence-electron chi connectivity index (χ2n) is 5.33. The first-order valence-electron chi connectivity index (χ1n) is 7.23. The lowest BCUT2D eigenvalue weighted by atomic mass is 10.1. The van der Waals surface area contributed by atoms with Gasteiger partial charge in [-0.3, -0.25) is 4.40 Å². The average molecular weight is 305 g/mol. The van der Waals surface area contributed by atoms with Gasteiger partial charge in [0, 0.05) is 5.69 Å². The van der Waals surface area contributed by atoms with E-state index >= 15 is 0 Å². The van der Waals surface area contributed by atoms with E-state index in [0.717, 1.165) is 27.9 Å². The number of aryl methyl sites for hydroxylation is 1. The summed E-state index contributed by atoms with van der Waals surface area (Å²) < 4.78 is 7.46. The maximum atomic E-state index is 5.95. The molecule has 0 saturated heterocycles. The highest BCUT2D eigenvalue weighted by Gasteiger charge is 2.17. The molecule has 2 aromatic carbocycles. The Morgan fingerprint density at radius 1 is 1.09 bits per heavy atom. The van der Waals surface area contributed by atoms with Crippen molar-refractivity contribution in [2.45, 2.75) is 6.92 Å². The summed E-state index contributed by atoms with van der Waals surface area (Å²) in [7, 11) is 1.63. The first kappa shape index (κ1) is 13.5. The van der Waals surface area contributed by atoms with E-state index in [0.29, 0.717) is 17.3 Å². The van der Waals surface area contributed by atoms with Gasteiger partial charge in [-0.05, 0) is 37.3 Å². The Labute approximate surface area is 132 Å². The van der Waals surface area contributed by atoms with Crippen LogP contribution in [-0.2, 0) is 0 Å². The number of benzene rings is 2. The zero-order valence-corrected chi connectivity index (χ0v) is 12.8. The van der Waals surface area contributed by atoms with Crippen LogP contribution in [0.5, 0.6) is 5.75 Å². The molecule has 0 amide bonds. The number of hydrogen-bond donors (Lipinski definition) is 1. The molecule has 6 nitrogen and oxygen atoms in total. The van der Waals surface area contributed by atoms with Crippen molar-refractivity contribution >= 4 is 22.4 Å². The third-order valence-corrected chi connectivity index (χ3v) is 3.86. The first-order valence-corrected chi connectivity index (χ1v) is 7.23. The van der Waals surface area contributed by atoms with Gasteiger partial charge in [0.25, 0.3) is 0 Å². The summed E-state index contributed by atoms with van der Waals surface area (Å²) in [5, 5.41) is 8.67. The fourth-order valence-corrected chi connectivity index (χ4v) is 2.80. The summed E-state index contributed by atoms with van der Waals surface area (Å²) in [5.41, 5.74) is 10.8. The van der Waals surface area contributed by atoms with E-state index in [-0.39, 0.29) is 0 Å². The lowest BCUT2D eigenvalue weighted by Crippen LogP contribution is -1.99. The quantitative estimate of drug-likeness (QED) is 0.576. The molecule has 0 bridgehead atoms. The highest BCUT2D eigenvalue weighted by Crippen LogP contribution is 2.32. The minimum Gasteiger partial charge on any atom is -0.496 e. The molecular formula is C17H15N5O. The number of nitrogen functional groups attached to an aromatic ring is 1. The van der Waals surface area contributed by atoms with Gasteiger partial charge in [-0.2, -0.15) is 0 Å². The van der Waals surface area contributed by atoms with E-state index < -0.39 is 0 Å². The molecule has 0 atom stereocenters. The van der Waals surface area contributed by atoms with Gasteiger partial charge in [-0.15, -0.1) is 10.2 Å². The summed E-state index contributed by atoms with van der Waals surface area (Å²) in [5.74, 6) is 1.39. The number of nitrogens with two attached hydrogens (primary N) is 1. The maximum absolute atomic E-state index is 5.95. The van der Waals surface area contributed by atoms with Crippen molar-refractivity contribution in [2.75, 3.05) is 12.8 Å². The van der Waals surface area contributed by atoms with E-state index in [1.807, 2.05) is 47.7 Å². The zero-order valence-electron chi connectivity index (χ0n) is 12.8. The average Bonchev–Trinajstić information content (AvgIpc) is 3.01. The molecule has 0 unspecified atom stereocenters. The zero-order chi connectivity index (χ0) is 16.0. The molecule has 4 aromatic rings. The maximum Gasteiger partial charge on any atom is 0.183 e. The molecule has 0 saturated carbocycles. The van der Waals surface area contributed by atoms with Crippen molar-refractivity contribution in [2.24, 2.45) is 0 Å². The molecule has 0 fully saturated rings. The number of anilines is 1.